The van der Waals surface area contributed by atoms with Crippen molar-refractivity contribution < 1.29 is 0 Å². The lowest BCUT2D eigenvalue weighted by atomic mass is 10.1. The first-order valence-electron chi connectivity index (χ1n) is 6.47. The molecule has 0 aromatic heterocycles. The smallest absolute Gasteiger partial charge is 0.0720 e. The molecule has 0 radical (unpaired) electrons. The van der Waals surface area contributed by atoms with Crippen LogP contribution in [-0.2, 0) is 0 Å². The van der Waals surface area contributed by atoms with E-state index in [4.69, 9.17) is 4.99 Å². The zero-order chi connectivity index (χ0) is 11.2. The Kier molecular flexibility index (Phi) is 4.15. The molecule has 0 saturated heterocycles. The minimum Gasteiger partial charge on any atom is -0.286 e. The molecule has 1 saturated carbocycles. The second-order valence-corrected chi connectivity index (χ2v) is 4.70. The number of nitrogens with zero attached hydrogens (tertiary/aromatic N) is 1. The van der Waals surface area contributed by atoms with E-state index in [1.807, 2.05) is 0 Å². The van der Waals surface area contributed by atoms with Crippen LogP contribution >= 0.6 is 0 Å². The van der Waals surface area contributed by atoms with Gasteiger partial charge in [-0.3, -0.25) is 4.99 Å². The molecule has 1 atom stereocenters. The second kappa shape index (κ2) is 5.83. The van der Waals surface area contributed by atoms with Crippen LogP contribution in [0.3, 0.4) is 0 Å². The summed E-state index contributed by atoms with van der Waals surface area (Å²) in [4.78, 5) is 4.88. The molecule has 2 rings (SSSR count). The maximum Gasteiger partial charge on any atom is 0.0720 e. The fourth-order valence-corrected chi connectivity index (χ4v) is 2.35. The quantitative estimate of drug-likeness (QED) is 0.642. The molecule has 0 heterocycles. The summed E-state index contributed by atoms with van der Waals surface area (Å²) in [6.45, 7) is 2.20. The Hall–Kier alpha value is -1.11. The van der Waals surface area contributed by atoms with Crippen LogP contribution in [0.25, 0.3) is 0 Å². The maximum atomic E-state index is 4.88. The van der Waals surface area contributed by atoms with Crippen LogP contribution < -0.4 is 0 Å². The summed E-state index contributed by atoms with van der Waals surface area (Å²) >= 11 is 0. The summed E-state index contributed by atoms with van der Waals surface area (Å²) in [5.41, 5.74) is 2.77. The molecule has 1 heteroatoms. The SMILES string of the molecule is CC(N=C1CCCCCC1)c1ccccc1. The van der Waals surface area contributed by atoms with Gasteiger partial charge >= 0.3 is 0 Å². The number of aliphatic imine (C=N–C) groups is 1. The fourth-order valence-electron chi connectivity index (χ4n) is 2.35. The Morgan fingerprint density at radius 2 is 1.56 bits per heavy atom. The average molecular weight is 215 g/mol. The highest BCUT2D eigenvalue weighted by Crippen LogP contribution is 2.21. The van der Waals surface area contributed by atoms with Gasteiger partial charge in [0.2, 0.25) is 0 Å². The van der Waals surface area contributed by atoms with Gasteiger partial charge in [0.15, 0.2) is 0 Å². The Balaban J connectivity index is 2.04. The molecule has 1 aromatic rings. The van der Waals surface area contributed by atoms with Crippen molar-refractivity contribution in [3.05, 3.63) is 35.9 Å². The van der Waals surface area contributed by atoms with Crippen LogP contribution in [0.2, 0.25) is 0 Å². The van der Waals surface area contributed by atoms with Crippen LogP contribution in [0.15, 0.2) is 35.3 Å². The van der Waals surface area contributed by atoms with Crippen LogP contribution in [0, 0.1) is 0 Å². The van der Waals surface area contributed by atoms with Crippen molar-refractivity contribution in [3.63, 3.8) is 0 Å². The summed E-state index contributed by atoms with van der Waals surface area (Å²) in [6, 6.07) is 10.9. The molecule has 0 spiro atoms. The number of rotatable bonds is 2. The van der Waals surface area contributed by atoms with Crippen molar-refractivity contribution in [2.24, 2.45) is 4.99 Å². The molecule has 0 amide bonds. The van der Waals surface area contributed by atoms with E-state index >= 15 is 0 Å². The van der Waals surface area contributed by atoms with Crippen molar-refractivity contribution in [2.75, 3.05) is 0 Å². The number of hydrogen-bond acceptors (Lipinski definition) is 1. The zero-order valence-electron chi connectivity index (χ0n) is 10.2. The second-order valence-electron chi connectivity index (χ2n) is 4.70. The van der Waals surface area contributed by atoms with Crippen molar-refractivity contribution in [1.82, 2.24) is 0 Å². The third-order valence-electron chi connectivity index (χ3n) is 3.34. The molecular weight excluding hydrogens is 194 g/mol. The largest absolute Gasteiger partial charge is 0.286 e. The third-order valence-corrected chi connectivity index (χ3v) is 3.34. The standard InChI is InChI=1S/C15H21N/c1-13(14-9-5-4-6-10-14)16-15-11-7-2-3-8-12-15/h4-6,9-10,13H,2-3,7-8,11-12H2,1H3. The normalized spacial score (nSPS) is 18.9. The molecule has 16 heavy (non-hydrogen) atoms. The van der Waals surface area contributed by atoms with E-state index in [1.54, 1.807) is 0 Å². The van der Waals surface area contributed by atoms with Crippen LogP contribution in [0.4, 0.5) is 0 Å². The molecular formula is C15H21N. The monoisotopic (exact) mass is 215 g/mol. The molecule has 0 bridgehead atoms. The maximum absolute atomic E-state index is 4.88. The lowest BCUT2D eigenvalue weighted by Crippen LogP contribution is -2.00. The zero-order valence-corrected chi connectivity index (χ0v) is 10.2. The predicted molar refractivity (Wildman–Crippen MR) is 70.0 cm³/mol. The first-order chi connectivity index (χ1) is 7.86. The first kappa shape index (κ1) is 11.4. The molecule has 1 fully saturated rings. The Labute approximate surface area is 98.6 Å². The topological polar surface area (TPSA) is 12.4 Å². The van der Waals surface area contributed by atoms with Crippen molar-refractivity contribution >= 4 is 5.71 Å². The summed E-state index contributed by atoms with van der Waals surface area (Å²) in [5, 5.41) is 0. The van der Waals surface area contributed by atoms with Crippen LogP contribution in [-0.4, -0.2) is 5.71 Å². The van der Waals surface area contributed by atoms with Gasteiger partial charge < -0.3 is 0 Å². The summed E-state index contributed by atoms with van der Waals surface area (Å²) < 4.78 is 0. The van der Waals surface area contributed by atoms with Gasteiger partial charge in [-0.1, -0.05) is 43.2 Å². The Morgan fingerprint density at radius 1 is 0.938 bits per heavy atom. The number of benzene rings is 1. The molecule has 1 aliphatic rings. The van der Waals surface area contributed by atoms with E-state index in [0.29, 0.717) is 6.04 Å². The van der Waals surface area contributed by atoms with E-state index in [-0.39, 0.29) is 0 Å². The molecule has 1 aliphatic carbocycles. The molecule has 1 unspecified atom stereocenters. The highest BCUT2D eigenvalue weighted by molar-refractivity contribution is 5.84. The van der Waals surface area contributed by atoms with E-state index in [0.717, 1.165) is 0 Å². The van der Waals surface area contributed by atoms with Gasteiger partial charge in [-0.15, -0.1) is 0 Å². The third kappa shape index (κ3) is 3.19. The lowest BCUT2D eigenvalue weighted by molar-refractivity contribution is 0.702. The minimum atomic E-state index is 0.328. The van der Waals surface area contributed by atoms with Gasteiger partial charge in [0.05, 0.1) is 6.04 Å². The van der Waals surface area contributed by atoms with Crippen LogP contribution in [0.1, 0.15) is 57.1 Å². The summed E-state index contributed by atoms with van der Waals surface area (Å²) in [6.07, 6.45) is 7.88. The molecule has 1 aromatic carbocycles. The van der Waals surface area contributed by atoms with Crippen molar-refractivity contribution in [3.8, 4) is 0 Å². The highest BCUT2D eigenvalue weighted by Gasteiger charge is 2.08. The summed E-state index contributed by atoms with van der Waals surface area (Å²) in [5.74, 6) is 0. The molecule has 0 aliphatic heterocycles. The van der Waals surface area contributed by atoms with E-state index < -0.39 is 0 Å². The summed E-state index contributed by atoms with van der Waals surface area (Å²) in [7, 11) is 0. The lowest BCUT2D eigenvalue weighted by Gasteiger charge is -2.09. The van der Waals surface area contributed by atoms with Crippen molar-refractivity contribution in [2.45, 2.75) is 51.5 Å². The molecule has 0 N–H and O–H groups in total. The van der Waals surface area contributed by atoms with Gasteiger partial charge in [-0.25, -0.2) is 0 Å². The van der Waals surface area contributed by atoms with Gasteiger partial charge in [-0.2, -0.15) is 0 Å². The van der Waals surface area contributed by atoms with Gasteiger partial charge in [0, 0.05) is 5.71 Å². The first-order valence-corrected chi connectivity index (χ1v) is 6.47. The van der Waals surface area contributed by atoms with Crippen LogP contribution in [0.5, 0.6) is 0 Å². The van der Waals surface area contributed by atoms with Gasteiger partial charge in [-0.05, 0) is 38.2 Å². The fraction of sp³-hybridized carbons (Fsp3) is 0.533. The van der Waals surface area contributed by atoms with E-state index in [9.17, 15) is 0 Å². The highest BCUT2D eigenvalue weighted by atomic mass is 14.8. The van der Waals surface area contributed by atoms with E-state index in [2.05, 4.69) is 37.3 Å². The van der Waals surface area contributed by atoms with Crippen molar-refractivity contribution in [1.29, 1.82) is 0 Å². The predicted octanol–water partition coefficient (Wildman–Crippen LogP) is 4.54. The van der Waals surface area contributed by atoms with Gasteiger partial charge in [0.25, 0.3) is 0 Å². The average Bonchev–Trinajstić information content (AvgIpc) is 2.59. The number of hydrogen-bond donors (Lipinski definition) is 0. The Morgan fingerprint density at radius 3 is 2.19 bits per heavy atom. The van der Waals surface area contributed by atoms with E-state index in [1.165, 1.54) is 49.8 Å². The molecule has 86 valence electrons. The van der Waals surface area contributed by atoms with Gasteiger partial charge in [0.1, 0.15) is 0 Å². The Bertz CT molecular complexity index is 330. The molecule has 1 nitrogen and oxygen atoms in total. The minimum absolute atomic E-state index is 0.328.